The van der Waals surface area contributed by atoms with Crippen molar-refractivity contribution in [3.63, 3.8) is 0 Å². The van der Waals surface area contributed by atoms with Gasteiger partial charge in [-0.1, -0.05) is 18.7 Å². The van der Waals surface area contributed by atoms with Crippen LogP contribution in [0.2, 0.25) is 0 Å². The molecule has 3 N–H and O–H groups in total. The second-order valence-electron chi connectivity index (χ2n) is 3.55. The van der Waals surface area contributed by atoms with E-state index in [0.717, 1.165) is 0 Å². The van der Waals surface area contributed by atoms with Gasteiger partial charge >= 0.3 is 5.91 Å². The van der Waals surface area contributed by atoms with E-state index in [4.69, 9.17) is 4.42 Å². The van der Waals surface area contributed by atoms with Crippen molar-refractivity contribution in [3.8, 4) is 5.75 Å². The molecular weight excluding hydrogens is 232 g/mol. The third kappa shape index (κ3) is 2.52. The summed E-state index contributed by atoms with van der Waals surface area (Å²) in [7, 11) is 0. The molecule has 0 bridgehead atoms. The van der Waals surface area contributed by atoms with Crippen LogP contribution in [-0.2, 0) is 0 Å². The Bertz CT molecular complexity index is 561. The molecule has 0 saturated heterocycles. The molecule has 0 spiro atoms. The zero-order valence-corrected chi connectivity index (χ0v) is 9.51. The summed E-state index contributed by atoms with van der Waals surface area (Å²) in [5.41, 5.74) is 5.92. The summed E-state index contributed by atoms with van der Waals surface area (Å²) in [6.45, 7) is 3.72. The second kappa shape index (κ2) is 5.09. The van der Waals surface area contributed by atoms with Gasteiger partial charge in [-0.05, 0) is 24.3 Å². The predicted octanol–water partition coefficient (Wildman–Crippen LogP) is 1.89. The van der Waals surface area contributed by atoms with Crippen molar-refractivity contribution in [3.05, 3.63) is 60.6 Å². The van der Waals surface area contributed by atoms with E-state index in [-0.39, 0.29) is 11.5 Å². The number of carbonyl (C=O) groups excluding carboxylic acids is 1. The average molecular weight is 244 g/mol. The molecule has 92 valence electrons. The lowest BCUT2D eigenvalue weighted by atomic mass is 10.1. The zero-order valence-electron chi connectivity index (χ0n) is 9.51. The summed E-state index contributed by atoms with van der Waals surface area (Å²) in [5, 5.41) is 9.60. The maximum Gasteiger partial charge on any atom is 0.305 e. The van der Waals surface area contributed by atoms with Gasteiger partial charge in [-0.25, -0.2) is 0 Å². The first-order valence-corrected chi connectivity index (χ1v) is 5.25. The molecule has 18 heavy (non-hydrogen) atoms. The van der Waals surface area contributed by atoms with Gasteiger partial charge in [0, 0.05) is 5.56 Å². The molecule has 0 aliphatic carbocycles. The van der Waals surface area contributed by atoms with E-state index in [0.29, 0.717) is 11.3 Å². The maximum atomic E-state index is 11.6. The van der Waals surface area contributed by atoms with Crippen LogP contribution in [0.25, 0.3) is 5.70 Å². The summed E-state index contributed by atoms with van der Waals surface area (Å²) < 4.78 is 4.93. The van der Waals surface area contributed by atoms with Crippen molar-refractivity contribution in [1.29, 1.82) is 0 Å². The fraction of sp³-hybridized carbons (Fsp3) is 0. The number of hydrazine groups is 1. The number of carbonyl (C=O) groups is 1. The van der Waals surface area contributed by atoms with Crippen LogP contribution in [0.4, 0.5) is 0 Å². The Labute approximate surface area is 104 Å². The zero-order chi connectivity index (χ0) is 13.0. The summed E-state index contributed by atoms with van der Waals surface area (Å²) in [6, 6.07) is 9.84. The standard InChI is InChI=1S/C13H12N2O3/c1-9(10-5-2-3-6-11(10)16)14-15-13(17)12-7-4-8-18-12/h2-8,14,16H,1H2,(H,15,17). The first kappa shape index (κ1) is 11.8. The summed E-state index contributed by atoms with van der Waals surface area (Å²) in [4.78, 5) is 11.6. The molecule has 0 aliphatic heterocycles. The summed E-state index contributed by atoms with van der Waals surface area (Å²) >= 11 is 0. The third-order valence-electron chi connectivity index (χ3n) is 2.30. The number of hydrogen-bond donors (Lipinski definition) is 3. The number of rotatable bonds is 4. The highest BCUT2D eigenvalue weighted by Gasteiger charge is 2.09. The SMILES string of the molecule is C=C(NNC(=O)c1ccco1)c1ccccc1O. The van der Waals surface area contributed by atoms with Gasteiger partial charge in [0.2, 0.25) is 0 Å². The fourth-order valence-corrected chi connectivity index (χ4v) is 1.40. The van der Waals surface area contributed by atoms with Gasteiger partial charge in [0.05, 0.1) is 12.0 Å². The minimum Gasteiger partial charge on any atom is -0.507 e. The largest absolute Gasteiger partial charge is 0.507 e. The lowest BCUT2D eigenvalue weighted by molar-refractivity contribution is 0.0914. The van der Waals surface area contributed by atoms with Crippen LogP contribution in [0.15, 0.2) is 53.7 Å². The minimum absolute atomic E-state index is 0.0854. The number of phenolic OH excluding ortho intramolecular Hbond substituents is 1. The van der Waals surface area contributed by atoms with Crippen molar-refractivity contribution >= 4 is 11.6 Å². The van der Waals surface area contributed by atoms with Crippen molar-refractivity contribution in [2.24, 2.45) is 0 Å². The number of phenols is 1. The minimum atomic E-state index is -0.420. The Hall–Kier alpha value is -2.69. The molecular formula is C13H12N2O3. The van der Waals surface area contributed by atoms with E-state index in [1.165, 1.54) is 12.3 Å². The Kier molecular flexibility index (Phi) is 3.33. The van der Waals surface area contributed by atoms with Gasteiger partial charge in [-0.2, -0.15) is 0 Å². The Morgan fingerprint density at radius 2 is 1.94 bits per heavy atom. The Morgan fingerprint density at radius 3 is 2.61 bits per heavy atom. The maximum absolute atomic E-state index is 11.6. The van der Waals surface area contributed by atoms with Gasteiger partial charge in [-0.3, -0.25) is 15.6 Å². The first-order chi connectivity index (χ1) is 8.68. The summed E-state index contributed by atoms with van der Waals surface area (Å²) in [5.74, 6) is -0.147. The van der Waals surface area contributed by atoms with E-state index in [9.17, 15) is 9.90 Å². The van der Waals surface area contributed by atoms with E-state index in [1.807, 2.05) is 0 Å². The number of aromatic hydroxyl groups is 1. The normalized spacial score (nSPS) is 9.78. The number of amides is 1. The molecule has 0 unspecified atom stereocenters. The van der Waals surface area contributed by atoms with Crippen LogP contribution in [-0.4, -0.2) is 11.0 Å². The highest BCUT2D eigenvalue weighted by molar-refractivity contribution is 5.91. The number of benzene rings is 1. The predicted molar refractivity (Wildman–Crippen MR) is 66.5 cm³/mol. The molecule has 1 amide bonds. The smallest absolute Gasteiger partial charge is 0.305 e. The quantitative estimate of drug-likeness (QED) is 0.718. The Balaban J connectivity index is 1.97. The lowest BCUT2D eigenvalue weighted by Gasteiger charge is -2.11. The number of para-hydroxylation sites is 1. The van der Waals surface area contributed by atoms with Crippen LogP contribution in [0.5, 0.6) is 5.75 Å². The first-order valence-electron chi connectivity index (χ1n) is 5.25. The van der Waals surface area contributed by atoms with Gasteiger partial charge < -0.3 is 9.52 Å². The van der Waals surface area contributed by atoms with Crippen LogP contribution in [0.3, 0.4) is 0 Å². The topological polar surface area (TPSA) is 74.5 Å². The molecule has 0 radical (unpaired) electrons. The highest BCUT2D eigenvalue weighted by Crippen LogP contribution is 2.20. The lowest BCUT2D eigenvalue weighted by Crippen LogP contribution is -2.35. The molecule has 5 nitrogen and oxygen atoms in total. The third-order valence-corrected chi connectivity index (χ3v) is 2.30. The number of nitrogens with one attached hydrogen (secondary N) is 2. The van der Waals surface area contributed by atoms with Crippen LogP contribution in [0.1, 0.15) is 16.1 Å². The van der Waals surface area contributed by atoms with Crippen molar-refractivity contribution in [1.82, 2.24) is 10.9 Å². The monoisotopic (exact) mass is 244 g/mol. The van der Waals surface area contributed by atoms with E-state index >= 15 is 0 Å². The molecule has 0 aliphatic rings. The Morgan fingerprint density at radius 1 is 1.17 bits per heavy atom. The van der Waals surface area contributed by atoms with Gasteiger partial charge in [0.25, 0.3) is 0 Å². The van der Waals surface area contributed by atoms with E-state index in [2.05, 4.69) is 17.4 Å². The van der Waals surface area contributed by atoms with Crippen LogP contribution >= 0.6 is 0 Å². The molecule has 0 saturated carbocycles. The molecule has 0 fully saturated rings. The van der Waals surface area contributed by atoms with Crippen LogP contribution < -0.4 is 10.9 Å². The van der Waals surface area contributed by atoms with Gasteiger partial charge in [0.1, 0.15) is 5.75 Å². The molecule has 1 aromatic heterocycles. The molecule has 5 heteroatoms. The van der Waals surface area contributed by atoms with E-state index in [1.54, 1.807) is 30.3 Å². The number of hydrogen-bond acceptors (Lipinski definition) is 4. The van der Waals surface area contributed by atoms with E-state index < -0.39 is 5.91 Å². The molecule has 1 aromatic carbocycles. The van der Waals surface area contributed by atoms with Crippen molar-refractivity contribution in [2.45, 2.75) is 0 Å². The second-order valence-corrected chi connectivity index (χ2v) is 3.55. The molecule has 1 heterocycles. The summed E-state index contributed by atoms with van der Waals surface area (Å²) in [6.07, 6.45) is 1.41. The average Bonchev–Trinajstić information content (AvgIpc) is 2.90. The van der Waals surface area contributed by atoms with Crippen LogP contribution in [0, 0.1) is 0 Å². The number of furan rings is 1. The molecule has 0 atom stereocenters. The van der Waals surface area contributed by atoms with Gasteiger partial charge in [-0.15, -0.1) is 0 Å². The molecule has 2 aromatic rings. The highest BCUT2D eigenvalue weighted by atomic mass is 16.3. The molecule has 2 rings (SSSR count). The fourth-order valence-electron chi connectivity index (χ4n) is 1.40. The van der Waals surface area contributed by atoms with Crippen molar-refractivity contribution in [2.75, 3.05) is 0 Å². The van der Waals surface area contributed by atoms with Crippen molar-refractivity contribution < 1.29 is 14.3 Å². The van der Waals surface area contributed by atoms with Gasteiger partial charge in [0.15, 0.2) is 5.76 Å².